The maximum atomic E-state index is 5.86. The number of hydrogen-bond acceptors (Lipinski definition) is 7. The molecule has 3 fully saturated rings. The van der Waals surface area contributed by atoms with Crippen molar-refractivity contribution in [3.63, 3.8) is 0 Å². The van der Waals surface area contributed by atoms with Crippen LogP contribution in [0.5, 0.6) is 0 Å². The minimum atomic E-state index is -0.151. The van der Waals surface area contributed by atoms with Crippen molar-refractivity contribution in [3.8, 4) is 0 Å². The highest BCUT2D eigenvalue weighted by Crippen LogP contribution is 2.43. The van der Waals surface area contributed by atoms with Crippen LogP contribution in [0.25, 0.3) is 0 Å². The first kappa shape index (κ1) is 19.0. The van der Waals surface area contributed by atoms with Gasteiger partial charge in [0.2, 0.25) is 0 Å². The molecule has 2 saturated heterocycles. The molecule has 2 aliphatic heterocycles. The van der Waals surface area contributed by atoms with Gasteiger partial charge in [0.05, 0.1) is 30.1 Å². The molecule has 2 N–H and O–H groups in total. The third-order valence-electron chi connectivity index (χ3n) is 6.69. The highest BCUT2D eigenvalue weighted by molar-refractivity contribution is 5.41. The number of hydrazine groups is 1. The SMILES string of the molecule is Cn1cc(C2CCC3NNC(c4cc(N5CCOC(C)(C)C5)ncn4)C3C2)cn1. The molecule has 1 saturated carbocycles. The molecule has 4 unspecified atom stereocenters. The van der Waals surface area contributed by atoms with Gasteiger partial charge in [-0.15, -0.1) is 0 Å². The van der Waals surface area contributed by atoms with E-state index in [1.54, 1.807) is 6.33 Å². The summed E-state index contributed by atoms with van der Waals surface area (Å²) in [5.74, 6) is 2.07. The average Bonchev–Trinajstić information content (AvgIpc) is 3.33. The van der Waals surface area contributed by atoms with Crippen molar-refractivity contribution in [2.75, 3.05) is 24.6 Å². The van der Waals surface area contributed by atoms with Gasteiger partial charge in [0.15, 0.2) is 0 Å². The molecule has 0 aromatic carbocycles. The van der Waals surface area contributed by atoms with Crippen LogP contribution in [0.1, 0.15) is 56.3 Å². The lowest BCUT2D eigenvalue weighted by Gasteiger charge is -2.39. The summed E-state index contributed by atoms with van der Waals surface area (Å²) in [6.45, 7) is 6.71. The second kappa shape index (κ2) is 7.34. The molecule has 5 rings (SSSR count). The summed E-state index contributed by atoms with van der Waals surface area (Å²) in [6, 6.07) is 2.86. The van der Waals surface area contributed by atoms with Crippen molar-refractivity contribution in [3.05, 3.63) is 36.0 Å². The molecule has 8 nitrogen and oxygen atoms in total. The van der Waals surface area contributed by atoms with Crippen LogP contribution >= 0.6 is 0 Å². The number of hydrogen-bond donors (Lipinski definition) is 2. The fourth-order valence-electron chi connectivity index (χ4n) is 5.22. The lowest BCUT2D eigenvalue weighted by Crippen LogP contribution is -2.48. The Balaban J connectivity index is 1.35. The Bertz CT molecular complexity index is 866. The van der Waals surface area contributed by atoms with Gasteiger partial charge in [0, 0.05) is 38.4 Å². The molecule has 29 heavy (non-hydrogen) atoms. The van der Waals surface area contributed by atoms with Crippen molar-refractivity contribution >= 4 is 5.82 Å². The van der Waals surface area contributed by atoms with E-state index in [4.69, 9.17) is 4.74 Å². The van der Waals surface area contributed by atoms with Crippen LogP contribution in [0.2, 0.25) is 0 Å². The van der Waals surface area contributed by atoms with Crippen LogP contribution in [0.4, 0.5) is 5.82 Å². The molecule has 4 atom stereocenters. The molecule has 0 amide bonds. The lowest BCUT2D eigenvalue weighted by atomic mass is 9.73. The van der Waals surface area contributed by atoms with E-state index in [2.05, 4.69) is 56.9 Å². The first-order chi connectivity index (χ1) is 14.0. The zero-order valence-corrected chi connectivity index (χ0v) is 17.5. The molecule has 156 valence electrons. The number of ether oxygens (including phenoxy) is 1. The van der Waals surface area contributed by atoms with E-state index < -0.39 is 0 Å². The molecule has 0 bridgehead atoms. The number of rotatable bonds is 3. The van der Waals surface area contributed by atoms with E-state index in [-0.39, 0.29) is 11.6 Å². The maximum Gasteiger partial charge on any atom is 0.132 e. The minimum Gasteiger partial charge on any atom is -0.372 e. The quantitative estimate of drug-likeness (QED) is 0.819. The van der Waals surface area contributed by atoms with Gasteiger partial charge >= 0.3 is 0 Å². The Labute approximate surface area is 172 Å². The van der Waals surface area contributed by atoms with E-state index in [0.29, 0.717) is 17.9 Å². The van der Waals surface area contributed by atoms with Crippen LogP contribution in [-0.2, 0) is 11.8 Å². The number of nitrogens with zero attached hydrogens (tertiary/aromatic N) is 5. The largest absolute Gasteiger partial charge is 0.372 e. The van der Waals surface area contributed by atoms with Gasteiger partial charge in [-0.3, -0.25) is 10.1 Å². The van der Waals surface area contributed by atoms with E-state index in [0.717, 1.165) is 37.6 Å². The van der Waals surface area contributed by atoms with E-state index >= 15 is 0 Å². The Morgan fingerprint density at radius 1 is 1.21 bits per heavy atom. The van der Waals surface area contributed by atoms with Gasteiger partial charge in [-0.05, 0) is 50.5 Å². The predicted octanol–water partition coefficient (Wildman–Crippen LogP) is 1.93. The van der Waals surface area contributed by atoms with Crippen molar-refractivity contribution in [1.82, 2.24) is 30.6 Å². The summed E-state index contributed by atoms with van der Waals surface area (Å²) < 4.78 is 7.77. The summed E-state index contributed by atoms with van der Waals surface area (Å²) >= 11 is 0. The maximum absolute atomic E-state index is 5.86. The van der Waals surface area contributed by atoms with Crippen molar-refractivity contribution in [1.29, 1.82) is 0 Å². The first-order valence-electron chi connectivity index (χ1n) is 10.7. The summed E-state index contributed by atoms with van der Waals surface area (Å²) in [6.07, 6.45) is 9.42. The molecule has 1 aliphatic carbocycles. The van der Waals surface area contributed by atoms with Crippen LogP contribution in [0.3, 0.4) is 0 Å². The van der Waals surface area contributed by atoms with Crippen LogP contribution in [0.15, 0.2) is 24.8 Å². The average molecular weight is 398 g/mol. The highest BCUT2D eigenvalue weighted by Gasteiger charge is 2.42. The Kier molecular flexibility index (Phi) is 4.80. The molecular weight excluding hydrogens is 366 g/mol. The van der Waals surface area contributed by atoms with E-state index in [9.17, 15) is 0 Å². The molecule has 4 heterocycles. The third-order valence-corrected chi connectivity index (χ3v) is 6.69. The molecule has 0 radical (unpaired) electrons. The number of fused-ring (bicyclic) bond motifs is 1. The fraction of sp³-hybridized carbons (Fsp3) is 0.667. The van der Waals surface area contributed by atoms with Gasteiger partial charge in [-0.2, -0.15) is 5.10 Å². The Morgan fingerprint density at radius 3 is 2.90 bits per heavy atom. The molecule has 2 aromatic rings. The fourth-order valence-corrected chi connectivity index (χ4v) is 5.22. The van der Waals surface area contributed by atoms with Gasteiger partial charge in [-0.25, -0.2) is 15.4 Å². The zero-order valence-electron chi connectivity index (χ0n) is 17.5. The van der Waals surface area contributed by atoms with Gasteiger partial charge < -0.3 is 9.64 Å². The van der Waals surface area contributed by atoms with Crippen molar-refractivity contribution in [2.45, 2.75) is 56.7 Å². The van der Waals surface area contributed by atoms with Crippen LogP contribution in [-0.4, -0.2) is 51.1 Å². The summed E-state index contributed by atoms with van der Waals surface area (Å²) in [5, 5.41) is 4.38. The van der Waals surface area contributed by atoms with Gasteiger partial charge in [0.25, 0.3) is 0 Å². The zero-order chi connectivity index (χ0) is 20.0. The molecular formula is C21H31N7O. The molecule has 3 aliphatic rings. The minimum absolute atomic E-state index is 0.151. The van der Waals surface area contributed by atoms with Crippen molar-refractivity contribution in [2.24, 2.45) is 13.0 Å². The number of nitrogens with one attached hydrogen (secondary N) is 2. The summed E-state index contributed by atoms with van der Waals surface area (Å²) in [7, 11) is 1.99. The summed E-state index contributed by atoms with van der Waals surface area (Å²) in [5.41, 5.74) is 9.35. The van der Waals surface area contributed by atoms with Crippen molar-refractivity contribution < 1.29 is 4.74 Å². The topological polar surface area (TPSA) is 80.1 Å². The number of aromatic nitrogens is 4. The third kappa shape index (κ3) is 3.76. The van der Waals surface area contributed by atoms with E-state index in [1.807, 2.05) is 17.9 Å². The van der Waals surface area contributed by atoms with Gasteiger partial charge in [-0.1, -0.05) is 0 Å². The van der Waals surface area contributed by atoms with E-state index in [1.165, 1.54) is 18.4 Å². The van der Waals surface area contributed by atoms with Crippen LogP contribution < -0.4 is 15.8 Å². The second-order valence-corrected chi connectivity index (χ2v) is 9.32. The Morgan fingerprint density at radius 2 is 2.10 bits per heavy atom. The smallest absolute Gasteiger partial charge is 0.132 e. The normalized spacial score (nSPS) is 31.6. The number of anilines is 1. The molecule has 2 aromatic heterocycles. The Hall–Kier alpha value is -2.03. The highest BCUT2D eigenvalue weighted by atomic mass is 16.5. The lowest BCUT2D eigenvalue weighted by molar-refractivity contribution is -0.0279. The monoisotopic (exact) mass is 397 g/mol. The standard InChI is InChI=1S/C21H31N7O/c1-21(2)12-28(6-7-29-21)19-9-18(22-13-23-19)20-16-8-14(4-5-17(16)25-26-20)15-10-24-27(3)11-15/h9-11,13-14,16-17,20,25-26H,4-8,12H2,1-3H3. The first-order valence-corrected chi connectivity index (χ1v) is 10.7. The predicted molar refractivity (Wildman–Crippen MR) is 110 cm³/mol. The van der Waals surface area contributed by atoms with Gasteiger partial charge in [0.1, 0.15) is 12.1 Å². The number of morpholine rings is 1. The summed E-state index contributed by atoms with van der Waals surface area (Å²) in [4.78, 5) is 11.5. The molecule has 8 heteroatoms. The second-order valence-electron chi connectivity index (χ2n) is 9.32. The number of aryl methyl sites for hydroxylation is 1. The molecule has 0 spiro atoms. The van der Waals surface area contributed by atoms with Crippen LogP contribution in [0, 0.1) is 5.92 Å².